The minimum Gasteiger partial charge on any atom is -0.293 e. The van der Waals surface area contributed by atoms with E-state index < -0.39 is 16.4 Å². The van der Waals surface area contributed by atoms with Crippen molar-refractivity contribution in [2.24, 2.45) is 5.92 Å². The Kier molecular flexibility index (Phi) is 4.10. The Morgan fingerprint density at radius 2 is 2.07 bits per heavy atom. The Morgan fingerprint density at radius 1 is 1.40 bits per heavy atom. The predicted molar refractivity (Wildman–Crippen MR) is 55.9 cm³/mol. The highest BCUT2D eigenvalue weighted by Crippen LogP contribution is 2.27. The van der Waals surface area contributed by atoms with E-state index in [-0.39, 0.29) is 5.92 Å². The van der Waals surface area contributed by atoms with Gasteiger partial charge in [0.25, 0.3) is 0 Å². The minimum atomic E-state index is -0.899. The molecule has 1 N–H and O–H groups in total. The molecule has 0 amide bonds. The number of rotatable bonds is 2. The first-order valence-electron chi connectivity index (χ1n) is 4.82. The van der Waals surface area contributed by atoms with Crippen molar-refractivity contribution in [3.05, 3.63) is 0 Å². The van der Waals surface area contributed by atoms with Gasteiger partial charge in [-0.3, -0.25) is 5.32 Å². The highest BCUT2D eigenvalue weighted by atomic mass is 79.9. The molecule has 0 aromatic heterocycles. The number of carbonyl (C=O) groups excluding carboxylic acids is 2. The van der Waals surface area contributed by atoms with Crippen molar-refractivity contribution in [2.75, 3.05) is 6.54 Å². The standard InChI is InChI=1S/C9H14BrNO4/c1-6(2)7(12)14-15-8(13)9(10)4-3-5-11-9/h6,11H,3-5H2,1-2H3. The highest BCUT2D eigenvalue weighted by Gasteiger charge is 2.41. The lowest BCUT2D eigenvalue weighted by Gasteiger charge is -2.18. The first-order valence-corrected chi connectivity index (χ1v) is 5.62. The van der Waals surface area contributed by atoms with Gasteiger partial charge in [0.1, 0.15) is 0 Å². The summed E-state index contributed by atoms with van der Waals surface area (Å²) in [6.45, 7) is 4.06. The molecule has 1 aliphatic heterocycles. The van der Waals surface area contributed by atoms with E-state index in [0.717, 1.165) is 13.0 Å². The molecular formula is C9H14BrNO4. The third-order valence-electron chi connectivity index (χ3n) is 2.10. The van der Waals surface area contributed by atoms with Crippen molar-refractivity contribution >= 4 is 27.9 Å². The summed E-state index contributed by atoms with van der Waals surface area (Å²) in [4.78, 5) is 31.4. The van der Waals surface area contributed by atoms with Crippen molar-refractivity contribution in [2.45, 2.75) is 31.1 Å². The van der Waals surface area contributed by atoms with Crippen LogP contribution in [0.25, 0.3) is 0 Å². The van der Waals surface area contributed by atoms with E-state index in [4.69, 9.17) is 0 Å². The van der Waals surface area contributed by atoms with Crippen molar-refractivity contribution in [1.29, 1.82) is 0 Å². The molecule has 1 unspecified atom stereocenters. The Hall–Kier alpha value is -0.620. The monoisotopic (exact) mass is 279 g/mol. The fourth-order valence-corrected chi connectivity index (χ4v) is 1.67. The molecule has 0 spiro atoms. The van der Waals surface area contributed by atoms with Crippen LogP contribution in [0, 0.1) is 5.92 Å². The molecule has 0 radical (unpaired) electrons. The zero-order chi connectivity index (χ0) is 11.5. The van der Waals surface area contributed by atoms with Gasteiger partial charge in [0.15, 0.2) is 4.45 Å². The SMILES string of the molecule is CC(C)C(=O)OOC(=O)C1(Br)CCCN1. The maximum Gasteiger partial charge on any atom is 0.386 e. The smallest absolute Gasteiger partial charge is 0.293 e. The summed E-state index contributed by atoms with van der Waals surface area (Å²) < 4.78 is -0.899. The lowest BCUT2D eigenvalue weighted by atomic mass is 10.2. The van der Waals surface area contributed by atoms with Crippen molar-refractivity contribution in [3.63, 3.8) is 0 Å². The number of halogens is 1. The molecule has 0 aromatic rings. The predicted octanol–water partition coefficient (Wildman–Crippen LogP) is 1.12. The number of carbonyl (C=O) groups is 2. The van der Waals surface area contributed by atoms with Crippen molar-refractivity contribution in [3.8, 4) is 0 Å². The summed E-state index contributed by atoms with van der Waals surface area (Å²) in [5, 5.41) is 2.94. The fraction of sp³-hybridized carbons (Fsp3) is 0.778. The molecule has 1 saturated heterocycles. The number of hydrogen-bond donors (Lipinski definition) is 1. The molecule has 5 nitrogen and oxygen atoms in total. The van der Waals surface area contributed by atoms with Crippen LogP contribution >= 0.6 is 15.9 Å². The van der Waals surface area contributed by atoms with E-state index >= 15 is 0 Å². The number of nitrogens with one attached hydrogen (secondary N) is 1. The van der Waals surface area contributed by atoms with Crippen LogP contribution in [0.1, 0.15) is 26.7 Å². The molecule has 1 aliphatic rings. The van der Waals surface area contributed by atoms with Gasteiger partial charge in [-0.1, -0.05) is 29.8 Å². The maximum atomic E-state index is 11.5. The highest BCUT2D eigenvalue weighted by molar-refractivity contribution is 9.10. The van der Waals surface area contributed by atoms with Crippen LogP contribution in [-0.4, -0.2) is 22.9 Å². The summed E-state index contributed by atoms with van der Waals surface area (Å²) in [6, 6.07) is 0. The zero-order valence-electron chi connectivity index (χ0n) is 8.71. The van der Waals surface area contributed by atoms with Gasteiger partial charge >= 0.3 is 11.9 Å². The van der Waals surface area contributed by atoms with Crippen LogP contribution in [0.5, 0.6) is 0 Å². The average molecular weight is 280 g/mol. The largest absolute Gasteiger partial charge is 0.386 e. The first kappa shape index (κ1) is 12.4. The molecule has 1 atom stereocenters. The lowest BCUT2D eigenvalue weighted by Crippen LogP contribution is -2.43. The van der Waals surface area contributed by atoms with Gasteiger partial charge in [-0.15, -0.1) is 0 Å². The van der Waals surface area contributed by atoms with E-state index in [1.165, 1.54) is 0 Å². The van der Waals surface area contributed by atoms with Crippen LogP contribution in [0.2, 0.25) is 0 Å². The summed E-state index contributed by atoms with van der Waals surface area (Å²) in [5.41, 5.74) is 0. The number of alkyl halides is 1. The van der Waals surface area contributed by atoms with Gasteiger partial charge in [0.05, 0.1) is 5.92 Å². The normalized spacial score (nSPS) is 25.3. The molecule has 0 aromatic carbocycles. The van der Waals surface area contributed by atoms with Gasteiger partial charge in [-0.05, 0) is 19.4 Å². The second kappa shape index (κ2) is 4.94. The van der Waals surface area contributed by atoms with Crippen LogP contribution in [0.15, 0.2) is 0 Å². The van der Waals surface area contributed by atoms with Crippen LogP contribution in [0.3, 0.4) is 0 Å². The quantitative estimate of drug-likeness (QED) is 0.355. The first-order chi connectivity index (χ1) is 6.96. The van der Waals surface area contributed by atoms with Crippen LogP contribution in [0.4, 0.5) is 0 Å². The van der Waals surface area contributed by atoms with Gasteiger partial charge in [-0.25, -0.2) is 19.4 Å². The molecule has 1 fully saturated rings. The Morgan fingerprint density at radius 3 is 2.53 bits per heavy atom. The topological polar surface area (TPSA) is 64.6 Å². The lowest BCUT2D eigenvalue weighted by molar-refractivity contribution is -0.263. The Labute approximate surface area is 96.5 Å². The minimum absolute atomic E-state index is 0.319. The fourth-order valence-electron chi connectivity index (χ4n) is 1.12. The molecular weight excluding hydrogens is 266 g/mol. The molecule has 1 heterocycles. The molecule has 0 bridgehead atoms. The third kappa shape index (κ3) is 3.17. The van der Waals surface area contributed by atoms with E-state index in [0.29, 0.717) is 6.42 Å². The van der Waals surface area contributed by atoms with Gasteiger partial charge in [-0.2, -0.15) is 0 Å². The molecule has 1 rings (SSSR count). The maximum absolute atomic E-state index is 11.5. The van der Waals surface area contributed by atoms with Crippen molar-refractivity contribution < 1.29 is 19.4 Å². The van der Waals surface area contributed by atoms with Gasteiger partial charge in [0, 0.05) is 0 Å². The summed E-state index contributed by atoms with van der Waals surface area (Å²) in [6.07, 6.45) is 1.49. The van der Waals surface area contributed by atoms with Crippen LogP contribution in [-0.2, 0) is 19.4 Å². The van der Waals surface area contributed by atoms with E-state index in [1.807, 2.05) is 0 Å². The van der Waals surface area contributed by atoms with E-state index in [2.05, 4.69) is 31.0 Å². The Balaban J connectivity index is 2.39. The van der Waals surface area contributed by atoms with Gasteiger partial charge in [0.2, 0.25) is 0 Å². The molecule has 86 valence electrons. The second-order valence-electron chi connectivity index (χ2n) is 3.76. The molecule has 0 aliphatic carbocycles. The Bertz CT molecular complexity index is 261. The average Bonchev–Trinajstić information content (AvgIpc) is 2.62. The van der Waals surface area contributed by atoms with Gasteiger partial charge < -0.3 is 0 Å². The van der Waals surface area contributed by atoms with E-state index in [1.54, 1.807) is 13.8 Å². The van der Waals surface area contributed by atoms with Crippen molar-refractivity contribution in [1.82, 2.24) is 5.32 Å². The summed E-state index contributed by atoms with van der Waals surface area (Å²) >= 11 is 3.22. The number of hydrogen-bond acceptors (Lipinski definition) is 5. The van der Waals surface area contributed by atoms with Crippen LogP contribution < -0.4 is 5.32 Å². The molecule has 0 saturated carbocycles. The summed E-state index contributed by atoms with van der Waals surface area (Å²) in [7, 11) is 0. The summed E-state index contributed by atoms with van der Waals surface area (Å²) in [5.74, 6) is -1.49. The second-order valence-corrected chi connectivity index (χ2v) is 5.11. The molecule has 15 heavy (non-hydrogen) atoms. The zero-order valence-corrected chi connectivity index (χ0v) is 10.3. The van der Waals surface area contributed by atoms with E-state index in [9.17, 15) is 9.59 Å². The molecule has 6 heteroatoms. The third-order valence-corrected chi connectivity index (χ3v) is 3.10.